The Bertz CT molecular complexity index is 487. The first-order valence-electron chi connectivity index (χ1n) is 6.03. The maximum absolute atomic E-state index is 5.61. The van der Waals surface area contributed by atoms with Crippen LogP contribution in [0.5, 0.6) is 0 Å². The van der Waals surface area contributed by atoms with Crippen molar-refractivity contribution < 1.29 is 0 Å². The third-order valence-corrected chi connectivity index (χ3v) is 3.79. The molecular weight excluding hydrogens is 234 g/mol. The highest BCUT2D eigenvalue weighted by atomic mass is 32.1. The summed E-state index contributed by atoms with van der Waals surface area (Å²) in [7, 11) is 0. The van der Waals surface area contributed by atoms with Crippen molar-refractivity contribution in [3.05, 3.63) is 10.8 Å². The van der Waals surface area contributed by atoms with Gasteiger partial charge in [0, 0.05) is 12.3 Å². The zero-order chi connectivity index (χ0) is 12.4. The minimum Gasteiger partial charge on any atom is -0.330 e. The Balaban J connectivity index is 2.15. The zero-order valence-corrected chi connectivity index (χ0v) is 11.4. The van der Waals surface area contributed by atoms with Crippen LogP contribution < -0.4 is 5.73 Å². The topological polar surface area (TPSA) is 69.1 Å². The smallest absolute Gasteiger partial charge is 0.234 e. The van der Waals surface area contributed by atoms with Gasteiger partial charge in [0.1, 0.15) is 5.01 Å². The number of hydrogen-bond acceptors (Lipinski definition) is 5. The molecule has 2 N–H and O–H groups in total. The van der Waals surface area contributed by atoms with Gasteiger partial charge >= 0.3 is 0 Å². The fourth-order valence-corrected chi connectivity index (χ4v) is 2.48. The Hall–Kier alpha value is -1.01. The summed E-state index contributed by atoms with van der Waals surface area (Å²) in [5.74, 6) is 1.84. The first-order chi connectivity index (χ1) is 8.11. The number of aryl methyl sites for hydroxylation is 1. The maximum atomic E-state index is 5.61. The summed E-state index contributed by atoms with van der Waals surface area (Å²) in [6, 6.07) is 0. The van der Waals surface area contributed by atoms with Gasteiger partial charge in [-0.15, -0.1) is 10.2 Å². The van der Waals surface area contributed by atoms with Crippen LogP contribution in [0.2, 0.25) is 0 Å². The normalized spacial score (nSPS) is 13.7. The Morgan fingerprint density at radius 2 is 2.06 bits per heavy atom. The fraction of sp³-hybridized carbons (Fsp3) is 0.727. The van der Waals surface area contributed by atoms with Gasteiger partial charge in [-0.05, 0) is 18.9 Å². The average Bonchev–Trinajstić information content (AvgIpc) is 2.84. The monoisotopic (exact) mass is 253 g/mol. The molecule has 6 heteroatoms. The van der Waals surface area contributed by atoms with E-state index in [1.807, 2.05) is 4.52 Å². The van der Waals surface area contributed by atoms with Crippen LogP contribution >= 0.6 is 11.3 Å². The van der Waals surface area contributed by atoms with Gasteiger partial charge in [-0.25, -0.2) is 0 Å². The van der Waals surface area contributed by atoms with Crippen LogP contribution in [0.3, 0.4) is 0 Å². The molecule has 0 fully saturated rings. The number of rotatable bonds is 5. The second kappa shape index (κ2) is 5.10. The van der Waals surface area contributed by atoms with Crippen LogP contribution in [0, 0.1) is 5.92 Å². The second-order valence-corrected chi connectivity index (χ2v) is 5.82. The van der Waals surface area contributed by atoms with Gasteiger partial charge in [-0.1, -0.05) is 32.1 Å². The molecule has 2 heterocycles. The molecule has 17 heavy (non-hydrogen) atoms. The molecule has 2 rings (SSSR count). The summed E-state index contributed by atoms with van der Waals surface area (Å²) in [4.78, 5) is 0.893. The number of hydrogen-bond donors (Lipinski definition) is 1. The van der Waals surface area contributed by atoms with Crippen molar-refractivity contribution in [1.29, 1.82) is 0 Å². The fourth-order valence-electron chi connectivity index (χ4n) is 1.62. The number of fused-ring (bicyclic) bond motifs is 1. The van der Waals surface area contributed by atoms with Crippen LogP contribution in [-0.4, -0.2) is 26.4 Å². The van der Waals surface area contributed by atoms with Crippen LogP contribution in [0.4, 0.5) is 0 Å². The maximum Gasteiger partial charge on any atom is 0.234 e. The molecule has 0 radical (unpaired) electrons. The van der Waals surface area contributed by atoms with Crippen molar-refractivity contribution in [2.24, 2.45) is 11.7 Å². The molecular formula is C11H19N5S. The molecule has 0 aromatic carbocycles. The summed E-state index contributed by atoms with van der Waals surface area (Å²) in [6.45, 7) is 7.11. The van der Waals surface area contributed by atoms with E-state index in [2.05, 4.69) is 36.1 Å². The van der Waals surface area contributed by atoms with Gasteiger partial charge in [0.25, 0.3) is 0 Å². The SMILES string of the molecule is CC(CN)CCc1nn2c(C(C)C)nnc2s1. The third-order valence-electron chi connectivity index (χ3n) is 2.83. The van der Waals surface area contributed by atoms with Crippen LogP contribution in [-0.2, 0) is 6.42 Å². The molecule has 2 aromatic rings. The van der Waals surface area contributed by atoms with E-state index in [1.54, 1.807) is 11.3 Å². The quantitative estimate of drug-likeness (QED) is 0.882. The molecule has 0 bridgehead atoms. The second-order valence-electron chi connectivity index (χ2n) is 4.78. The Labute approximate surface area is 105 Å². The molecule has 0 aliphatic heterocycles. The van der Waals surface area contributed by atoms with Gasteiger partial charge in [0.2, 0.25) is 4.96 Å². The minimum atomic E-state index is 0.350. The van der Waals surface area contributed by atoms with Crippen LogP contribution in [0.25, 0.3) is 4.96 Å². The predicted molar refractivity (Wildman–Crippen MR) is 69.3 cm³/mol. The summed E-state index contributed by atoms with van der Waals surface area (Å²) >= 11 is 1.63. The van der Waals surface area contributed by atoms with Gasteiger partial charge in [-0.2, -0.15) is 9.61 Å². The summed E-state index contributed by atoms with van der Waals surface area (Å²) < 4.78 is 1.87. The number of aromatic nitrogens is 4. The van der Waals surface area contributed by atoms with Gasteiger partial charge in [0.15, 0.2) is 5.82 Å². The van der Waals surface area contributed by atoms with Crippen LogP contribution in [0.15, 0.2) is 0 Å². The lowest BCUT2D eigenvalue weighted by molar-refractivity contribution is 0.541. The molecule has 0 amide bonds. The highest BCUT2D eigenvalue weighted by Gasteiger charge is 2.14. The molecule has 0 spiro atoms. The van der Waals surface area contributed by atoms with E-state index in [0.29, 0.717) is 11.8 Å². The first-order valence-corrected chi connectivity index (χ1v) is 6.84. The van der Waals surface area contributed by atoms with E-state index < -0.39 is 0 Å². The third kappa shape index (κ3) is 2.63. The van der Waals surface area contributed by atoms with Gasteiger partial charge in [-0.3, -0.25) is 0 Å². The van der Waals surface area contributed by atoms with E-state index in [4.69, 9.17) is 5.73 Å². The lowest BCUT2D eigenvalue weighted by Crippen LogP contribution is -2.11. The molecule has 0 aliphatic carbocycles. The highest BCUT2D eigenvalue weighted by Crippen LogP contribution is 2.20. The largest absolute Gasteiger partial charge is 0.330 e. The van der Waals surface area contributed by atoms with Crippen molar-refractivity contribution in [3.8, 4) is 0 Å². The standard InChI is InChI=1S/C11H19N5S/c1-7(2)10-13-14-11-16(10)15-9(17-11)5-4-8(3)6-12/h7-8H,4-6,12H2,1-3H3. The number of nitrogens with zero attached hydrogens (tertiary/aromatic N) is 4. The van der Waals surface area contributed by atoms with Gasteiger partial charge < -0.3 is 5.73 Å². The average molecular weight is 253 g/mol. The minimum absolute atomic E-state index is 0.350. The Morgan fingerprint density at radius 3 is 2.71 bits per heavy atom. The predicted octanol–water partition coefficient (Wildman–Crippen LogP) is 1.84. The van der Waals surface area contributed by atoms with Crippen molar-refractivity contribution in [3.63, 3.8) is 0 Å². The molecule has 1 unspecified atom stereocenters. The molecule has 94 valence electrons. The van der Waals surface area contributed by atoms with E-state index in [0.717, 1.165) is 35.2 Å². The zero-order valence-electron chi connectivity index (χ0n) is 10.6. The highest BCUT2D eigenvalue weighted by molar-refractivity contribution is 7.16. The van der Waals surface area contributed by atoms with Gasteiger partial charge in [0.05, 0.1) is 0 Å². The molecule has 0 saturated heterocycles. The molecule has 0 saturated carbocycles. The van der Waals surface area contributed by atoms with E-state index >= 15 is 0 Å². The Morgan fingerprint density at radius 1 is 1.29 bits per heavy atom. The van der Waals surface area contributed by atoms with Crippen molar-refractivity contribution in [2.45, 2.75) is 39.5 Å². The first kappa shape index (κ1) is 12.4. The van der Waals surface area contributed by atoms with Crippen molar-refractivity contribution >= 4 is 16.3 Å². The number of nitrogens with two attached hydrogens (primary N) is 1. The molecule has 5 nitrogen and oxygen atoms in total. The summed E-state index contributed by atoms with van der Waals surface area (Å²) in [6.07, 6.45) is 2.06. The van der Waals surface area contributed by atoms with Crippen molar-refractivity contribution in [2.75, 3.05) is 6.54 Å². The molecule has 0 aliphatic rings. The van der Waals surface area contributed by atoms with Crippen LogP contribution in [0.1, 0.15) is 43.9 Å². The lowest BCUT2D eigenvalue weighted by atomic mass is 10.1. The van der Waals surface area contributed by atoms with E-state index in [-0.39, 0.29) is 0 Å². The summed E-state index contributed by atoms with van der Waals surface area (Å²) in [5.41, 5.74) is 5.61. The van der Waals surface area contributed by atoms with E-state index in [1.165, 1.54) is 0 Å². The summed E-state index contributed by atoms with van der Waals surface area (Å²) in [5, 5.41) is 14.0. The van der Waals surface area contributed by atoms with E-state index in [9.17, 15) is 0 Å². The molecule has 2 aromatic heterocycles. The molecule has 1 atom stereocenters. The van der Waals surface area contributed by atoms with Crippen molar-refractivity contribution in [1.82, 2.24) is 19.8 Å². The lowest BCUT2D eigenvalue weighted by Gasteiger charge is -2.04. The Kier molecular flexibility index (Phi) is 3.73.